The molecule has 1 heterocycles. The van der Waals surface area contributed by atoms with E-state index in [1.807, 2.05) is 26.0 Å². The largest absolute Gasteiger partial charge is 0.324 e. The summed E-state index contributed by atoms with van der Waals surface area (Å²) in [5.41, 5.74) is 8.14. The van der Waals surface area contributed by atoms with Crippen LogP contribution in [-0.4, -0.2) is 9.97 Å². The van der Waals surface area contributed by atoms with Gasteiger partial charge in [-0.15, -0.1) is 0 Å². The highest BCUT2D eigenvalue weighted by atomic mass is 32.2. The summed E-state index contributed by atoms with van der Waals surface area (Å²) in [5, 5.41) is 0.616. The van der Waals surface area contributed by atoms with Gasteiger partial charge >= 0.3 is 0 Å². The number of hydrogen-bond acceptors (Lipinski definition) is 4. The molecule has 0 saturated heterocycles. The van der Waals surface area contributed by atoms with Gasteiger partial charge in [-0.1, -0.05) is 6.07 Å². The SMILES string of the molecule is Cc1cc(C)nc(Sc2cccc(F)c2C(C)N)n1. The van der Waals surface area contributed by atoms with Gasteiger partial charge in [0, 0.05) is 27.9 Å². The Morgan fingerprint density at radius 3 is 2.42 bits per heavy atom. The Kier molecular flexibility index (Phi) is 4.17. The van der Waals surface area contributed by atoms with Gasteiger partial charge in [-0.2, -0.15) is 0 Å². The van der Waals surface area contributed by atoms with Crippen molar-refractivity contribution in [1.82, 2.24) is 9.97 Å². The molecular weight excluding hydrogens is 261 g/mol. The zero-order chi connectivity index (χ0) is 14.0. The number of nitrogens with zero attached hydrogens (tertiary/aromatic N) is 2. The van der Waals surface area contributed by atoms with E-state index >= 15 is 0 Å². The molecule has 0 saturated carbocycles. The van der Waals surface area contributed by atoms with Crippen LogP contribution < -0.4 is 5.73 Å². The second kappa shape index (κ2) is 5.67. The van der Waals surface area contributed by atoms with Crippen molar-refractivity contribution >= 4 is 11.8 Å². The summed E-state index contributed by atoms with van der Waals surface area (Å²) >= 11 is 1.34. The van der Waals surface area contributed by atoms with Crippen molar-refractivity contribution in [3.8, 4) is 0 Å². The monoisotopic (exact) mass is 277 g/mol. The third kappa shape index (κ3) is 3.30. The molecule has 0 amide bonds. The fraction of sp³-hybridized carbons (Fsp3) is 0.286. The van der Waals surface area contributed by atoms with Gasteiger partial charge in [-0.25, -0.2) is 14.4 Å². The predicted molar refractivity (Wildman–Crippen MR) is 74.6 cm³/mol. The summed E-state index contributed by atoms with van der Waals surface area (Å²) in [4.78, 5) is 9.46. The van der Waals surface area contributed by atoms with Crippen molar-refractivity contribution in [1.29, 1.82) is 0 Å². The van der Waals surface area contributed by atoms with Crippen molar-refractivity contribution < 1.29 is 4.39 Å². The summed E-state index contributed by atoms with van der Waals surface area (Å²) in [6, 6.07) is 6.47. The quantitative estimate of drug-likeness (QED) is 0.874. The Balaban J connectivity index is 2.40. The standard InChI is InChI=1S/C14H16FN3S/c1-8-7-9(2)18-14(17-8)19-12-6-4-5-11(15)13(12)10(3)16/h4-7,10H,16H2,1-3H3. The number of halogens is 1. The minimum atomic E-state index is -0.366. The van der Waals surface area contributed by atoms with Crippen LogP contribution in [0.4, 0.5) is 4.39 Å². The van der Waals surface area contributed by atoms with Gasteiger partial charge in [0.05, 0.1) is 0 Å². The Morgan fingerprint density at radius 2 is 1.84 bits per heavy atom. The second-order valence-electron chi connectivity index (χ2n) is 4.48. The van der Waals surface area contributed by atoms with Crippen molar-refractivity contribution in [2.75, 3.05) is 0 Å². The number of aromatic nitrogens is 2. The molecule has 2 rings (SSSR count). The van der Waals surface area contributed by atoms with Crippen LogP contribution in [0, 0.1) is 19.7 Å². The van der Waals surface area contributed by atoms with Crippen molar-refractivity contribution in [2.45, 2.75) is 36.9 Å². The highest BCUT2D eigenvalue weighted by Gasteiger charge is 2.14. The first-order valence-corrected chi connectivity index (χ1v) is 6.83. The Bertz CT molecular complexity index is 579. The van der Waals surface area contributed by atoms with Crippen LogP contribution in [0.25, 0.3) is 0 Å². The lowest BCUT2D eigenvalue weighted by atomic mass is 10.1. The minimum Gasteiger partial charge on any atom is -0.324 e. The normalized spacial score (nSPS) is 12.5. The molecule has 1 aromatic carbocycles. The van der Waals surface area contributed by atoms with Gasteiger partial charge in [-0.05, 0) is 50.7 Å². The maximum absolute atomic E-state index is 13.8. The first kappa shape index (κ1) is 14.0. The summed E-state index contributed by atoms with van der Waals surface area (Å²) in [7, 11) is 0. The summed E-state index contributed by atoms with van der Waals surface area (Å²) in [6.45, 7) is 5.60. The van der Waals surface area contributed by atoms with Crippen LogP contribution in [0.1, 0.15) is 29.9 Å². The van der Waals surface area contributed by atoms with E-state index < -0.39 is 0 Å². The molecule has 1 aromatic heterocycles. The molecule has 0 aliphatic heterocycles. The predicted octanol–water partition coefficient (Wildman–Crippen LogP) is 3.40. The van der Waals surface area contributed by atoms with Gasteiger partial charge < -0.3 is 5.73 Å². The zero-order valence-electron chi connectivity index (χ0n) is 11.1. The maximum atomic E-state index is 13.8. The van der Waals surface area contributed by atoms with Gasteiger partial charge in [0.15, 0.2) is 5.16 Å². The maximum Gasteiger partial charge on any atom is 0.192 e. The highest BCUT2D eigenvalue weighted by molar-refractivity contribution is 7.99. The molecule has 0 spiro atoms. The summed E-state index contributed by atoms with van der Waals surface area (Å²) in [5.74, 6) is -0.288. The Hall–Kier alpha value is -1.46. The summed E-state index contributed by atoms with van der Waals surface area (Å²) < 4.78 is 13.8. The van der Waals surface area contributed by atoms with E-state index in [0.717, 1.165) is 16.3 Å². The number of aryl methyl sites for hydroxylation is 2. The molecule has 2 N–H and O–H groups in total. The average Bonchev–Trinajstić information content (AvgIpc) is 2.26. The van der Waals surface area contributed by atoms with Gasteiger partial charge in [0.25, 0.3) is 0 Å². The molecule has 19 heavy (non-hydrogen) atoms. The second-order valence-corrected chi connectivity index (χ2v) is 5.48. The highest BCUT2D eigenvalue weighted by Crippen LogP contribution is 2.32. The third-order valence-electron chi connectivity index (χ3n) is 2.63. The number of nitrogens with two attached hydrogens (primary N) is 1. The number of benzene rings is 1. The molecule has 0 bridgehead atoms. The molecule has 1 atom stereocenters. The lowest BCUT2D eigenvalue weighted by Crippen LogP contribution is -2.09. The number of rotatable bonds is 3. The van der Waals surface area contributed by atoms with Crippen LogP contribution in [0.2, 0.25) is 0 Å². The van der Waals surface area contributed by atoms with E-state index in [1.165, 1.54) is 17.8 Å². The van der Waals surface area contributed by atoms with E-state index in [0.29, 0.717) is 10.7 Å². The molecule has 2 aromatic rings. The molecule has 5 heteroatoms. The molecule has 100 valence electrons. The fourth-order valence-corrected chi connectivity index (χ4v) is 3.00. The van der Waals surface area contributed by atoms with Gasteiger partial charge in [0.2, 0.25) is 0 Å². The molecule has 0 radical (unpaired) electrons. The van der Waals surface area contributed by atoms with Gasteiger partial charge in [0.1, 0.15) is 5.82 Å². The van der Waals surface area contributed by atoms with E-state index in [2.05, 4.69) is 9.97 Å². The van der Waals surface area contributed by atoms with Gasteiger partial charge in [-0.3, -0.25) is 0 Å². The summed E-state index contributed by atoms with van der Waals surface area (Å²) in [6.07, 6.45) is 0. The lowest BCUT2D eigenvalue weighted by Gasteiger charge is -2.12. The minimum absolute atomic E-state index is 0.288. The van der Waals surface area contributed by atoms with Crippen molar-refractivity contribution in [3.63, 3.8) is 0 Å². The molecular formula is C14H16FN3S. The van der Waals surface area contributed by atoms with Crippen LogP contribution in [0.15, 0.2) is 34.3 Å². The lowest BCUT2D eigenvalue weighted by molar-refractivity contribution is 0.585. The molecule has 0 aliphatic rings. The first-order valence-electron chi connectivity index (χ1n) is 6.01. The van der Waals surface area contributed by atoms with E-state index in [1.54, 1.807) is 13.0 Å². The van der Waals surface area contributed by atoms with E-state index in [4.69, 9.17) is 5.73 Å². The molecule has 0 aliphatic carbocycles. The average molecular weight is 277 g/mol. The zero-order valence-corrected chi connectivity index (χ0v) is 12.0. The Morgan fingerprint density at radius 1 is 1.21 bits per heavy atom. The van der Waals surface area contributed by atoms with Crippen LogP contribution in [-0.2, 0) is 0 Å². The van der Waals surface area contributed by atoms with E-state index in [9.17, 15) is 4.39 Å². The van der Waals surface area contributed by atoms with Crippen LogP contribution in [0.3, 0.4) is 0 Å². The fourth-order valence-electron chi connectivity index (χ4n) is 1.89. The third-order valence-corrected chi connectivity index (χ3v) is 3.57. The molecule has 1 unspecified atom stereocenters. The van der Waals surface area contributed by atoms with Crippen molar-refractivity contribution in [3.05, 3.63) is 47.0 Å². The smallest absolute Gasteiger partial charge is 0.192 e. The van der Waals surface area contributed by atoms with Crippen LogP contribution in [0.5, 0.6) is 0 Å². The van der Waals surface area contributed by atoms with Crippen LogP contribution >= 0.6 is 11.8 Å². The topological polar surface area (TPSA) is 51.8 Å². The van der Waals surface area contributed by atoms with Crippen molar-refractivity contribution in [2.24, 2.45) is 5.73 Å². The molecule has 3 nitrogen and oxygen atoms in total. The molecule has 0 fully saturated rings. The Labute approximate surface area is 116 Å². The first-order chi connectivity index (χ1) is 8.97. The van der Waals surface area contributed by atoms with E-state index in [-0.39, 0.29) is 11.9 Å². The number of hydrogen-bond donors (Lipinski definition) is 1.